The van der Waals surface area contributed by atoms with Gasteiger partial charge in [0, 0.05) is 23.4 Å². The molecule has 0 fully saturated rings. The number of nitrogens with zero attached hydrogens (tertiary/aromatic N) is 2. The number of benzene rings is 1. The Balaban J connectivity index is 1.98. The lowest BCUT2D eigenvalue weighted by molar-refractivity contribution is 0.563. The van der Waals surface area contributed by atoms with Gasteiger partial charge in [-0.1, -0.05) is 40.9 Å². The van der Waals surface area contributed by atoms with Gasteiger partial charge in [-0.3, -0.25) is 0 Å². The molecular weight excluding hydrogens is 308 g/mol. The Morgan fingerprint density at radius 3 is 2.68 bits per heavy atom. The van der Waals surface area contributed by atoms with Gasteiger partial charge in [0.15, 0.2) is 8.68 Å². The van der Waals surface area contributed by atoms with E-state index in [1.165, 1.54) is 47.0 Å². The Bertz CT molecular complexity index is 562. The van der Waals surface area contributed by atoms with Crippen LogP contribution in [0.2, 0.25) is 0 Å². The van der Waals surface area contributed by atoms with Crippen LogP contribution in [0.1, 0.15) is 11.6 Å². The molecule has 19 heavy (non-hydrogen) atoms. The highest BCUT2D eigenvalue weighted by atomic mass is 32.2. The van der Waals surface area contributed by atoms with E-state index in [1.807, 2.05) is 6.26 Å². The van der Waals surface area contributed by atoms with Crippen LogP contribution in [-0.4, -0.2) is 22.2 Å². The normalized spacial score (nSPS) is 12.6. The topological polar surface area (TPSA) is 51.8 Å². The molecule has 0 amide bonds. The van der Waals surface area contributed by atoms with Crippen molar-refractivity contribution >= 4 is 34.9 Å². The molecule has 1 aromatic heterocycles. The van der Waals surface area contributed by atoms with Crippen LogP contribution < -0.4 is 5.73 Å². The molecule has 1 unspecified atom stereocenters. The van der Waals surface area contributed by atoms with E-state index >= 15 is 0 Å². The second kappa shape index (κ2) is 6.65. The molecule has 2 aromatic rings. The van der Waals surface area contributed by atoms with Crippen LogP contribution in [0.5, 0.6) is 0 Å². The zero-order valence-corrected chi connectivity index (χ0v) is 12.4. The first kappa shape index (κ1) is 14.7. The lowest BCUT2D eigenvalue weighted by Crippen LogP contribution is -2.14. The van der Waals surface area contributed by atoms with Crippen LogP contribution in [-0.2, 0) is 0 Å². The molecule has 0 aliphatic heterocycles. The summed E-state index contributed by atoms with van der Waals surface area (Å²) in [5.74, 6) is -0.754. The highest BCUT2D eigenvalue weighted by molar-refractivity contribution is 8.02. The highest BCUT2D eigenvalue weighted by Gasteiger charge is 2.14. The molecule has 0 aliphatic rings. The van der Waals surface area contributed by atoms with Gasteiger partial charge in [-0.15, -0.1) is 10.2 Å². The fourth-order valence-electron chi connectivity index (χ4n) is 1.39. The smallest absolute Gasteiger partial charge is 0.175 e. The lowest BCUT2D eigenvalue weighted by Gasteiger charge is -2.11. The van der Waals surface area contributed by atoms with E-state index in [0.29, 0.717) is 11.3 Å². The zero-order valence-electron chi connectivity index (χ0n) is 9.97. The van der Waals surface area contributed by atoms with E-state index in [4.69, 9.17) is 5.73 Å². The molecule has 0 bridgehead atoms. The number of nitrogens with two attached hydrogens (primary N) is 1. The first-order valence-electron chi connectivity index (χ1n) is 5.31. The minimum atomic E-state index is -0.616. The number of thioether (sulfide) groups is 2. The Morgan fingerprint density at radius 1 is 1.32 bits per heavy atom. The van der Waals surface area contributed by atoms with E-state index in [9.17, 15) is 8.78 Å². The van der Waals surface area contributed by atoms with Crippen molar-refractivity contribution < 1.29 is 8.78 Å². The maximum Gasteiger partial charge on any atom is 0.175 e. The molecule has 0 radical (unpaired) electrons. The first-order chi connectivity index (χ1) is 9.10. The van der Waals surface area contributed by atoms with Gasteiger partial charge in [-0.05, 0) is 12.3 Å². The minimum Gasteiger partial charge on any atom is -0.323 e. The summed E-state index contributed by atoms with van der Waals surface area (Å²) in [5.41, 5.74) is 6.21. The highest BCUT2D eigenvalue weighted by Crippen LogP contribution is 2.30. The molecule has 0 aliphatic carbocycles. The Morgan fingerprint density at radius 2 is 2.05 bits per heavy atom. The summed E-state index contributed by atoms with van der Waals surface area (Å²) in [4.78, 5) is 0. The molecule has 1 aromatic carbocycles. The predicted octanol–water partition coefficient (Wildman–Crippen LogP) is 3.33. The van der Waals surface area contributed by atoms with E-state index < -0.39 is 17.7 Å². The molecule has 1 heterocycles. The van der Waals surface area contributed by atoms with Crippen molar-refractivity contribution in [2.24, 2.45) is 5.73 Å². The van der Waals surface area contributed by atoms with Crippen LogP contribution in [0.3, 0.4) is 0 Å². The largest absolute Gasteiger partial charge is 0.323 e. The molecule has 0 spiro atoms. The molecular formula is C11H11F2N3S3. The average Bonchev–Trinajstić information content (AvgIpc) is 2.84. The Hall–Kier alpha value is -0.700. The number of hydrogen-bond acceptors (Lipinski definition) is 6. The molecule has 8 heteroatoms. The number of aromatic nitrogens is 2. The summed E-state index contributed by atoms with van der Waals surface area (Å²) >= 11 is 4.41. The van der Waals surface area contributed by atoms with Crippen molar-refractivity contribution in [2.45, 2.75) is 14.7 Å². The van der Waals surface area contributed by atoms with Gasteiger partial charge in [0.1, 0.15) is 11.6 Å². The summed E-state index contributed by atoms with van der Waals surface area (Å²) in [5, 5.41) is 7.95. The number of halogens is 2. The first-order valence-corrected chi connectivity index (χ1v) is 8.33. The number of rotatable bonds is 5. The van der Waals surface area contributed by atoms with Gasteiger partial charge in [-0.25, -0.2) is 8.78 Å². The van der Waals surface area contributed by atoms with Crippen molar-refractivity contribution in [3.8, 4) is 0 Å². The second-order valence-corrected chi connectivity index (χ2v) is 6.92. The summed E-state index contributed by atoms with van der Waals surface area (Å²) in [6.07, 6.45) is 1.93. The van der Waals surface area contributed by atoms with Crippen LogP contribution in [0, 0.1) is 11.6 Å². The quantitative estimate of drug-likeness (QED) is 0.857. The SMILES string of the molecule is CSc1nnc(SCC(N)c2ccc(F)cc2F)s1. The maximum atomic E-state index is 13.5. The summed E-state index contributed by atoms with van der Waals surface area (Å²) < 4.78 is 28.0. The molecule has 2 N–H and O–H groups in total. The average molecular weight is 319 g/mol. The molecule has 3 nitrogen and oxygen atoms in total. The second-order valence-electron chi connectivity index (χ2n) is 3.62. The predicted molar refractivity (Wildman–Crippen MR) is 75.7 cm³/mol. The summed E-state index contributed by atoms with van der Waals surface area (Å²) in [6.45, 7) is 0. The minimum absolute atomic E-state index is 0.309. The summed E-state index contributed by atoms with van der Waals surface area (Å²) in [7, 11) is 0. The van der Waals surface area contributed by atoms with Gasteiger partial charge in [-0.2, -0.15) is 0 Å². The van der Waals surface area contributed by atoms with Crippen molar-refractivity contribution in [1.82, 2.24) is 10.2 Å². The van der Waals surface area contributed by atoms with E-state index in [2.05, 4.69) is 10.2 Å². The third-order valence-electron chi connectivity index (χ3n) is 2.31. The van der Waals surface area contributed by atoms with Gasteiger partial charge in [0.2, 0.25) is 0 Å². The van der Waals surface area contributed by atoms with Crippen LogP contribution in [0.4, 0.5) is 8.78 Å². The van der Waals surface area contributed by atoms with Crippen molar-refractivity contribution in [3.63, 3.8) is 0 Å². The Labute approximate surface area is 122 Å². The van der Waals surface area contributed by atoms with Crippen molar-refractivity contribution in [3.05, 3.63) is 35.4 Å². The fourth-order valence-corrected chi connectivity index (χ4v) is 3.83. The maximum absolute atomic E-state index is 13.5. The standard InChI is InChI=1S/C11H11F2N3S3/c1-17-10-15-16-11(19-10)18-5-9(14)7-3-2-6(12)4-8(7)13/h2-4,9H,5,14H2,1H3. The number of hydrogen-bond donors (Lipinski definition) is 1. The lowest BCUT2D eigenvalue weighted by atomic mass is 10.1. The van der Waals surface area contributed by atoms with E-state index in [-0.39, 0.29) is 0 Å². The summed E-state index contributed by atoms with van der Waals surface area (Å²) in [6, 6.07) is 2.92. The van der Waals surface area contributed by atoms with Crippen LogP contribution >= 0.6 is 34.9 Å². The molecule has 102 valence electrons. The van der Waals surface area contributed by atoms with Gasteiger partial charge in [0.05, 0.1) is 0 Å². The fraction of sp³-hybridized carbons (Fsp3) is 0.273. The zero-order chi connectivity index (χ0) is 13.8. The van der Waals surface area contributed by atoms with Gasteiger partial charge < -0.3 is 5.73 Å². The monoisotopic (exact) mass is 319 g/mol. The van der Waals surface area contributed by atoms with E-state index in [1.54, 1.807) is 0 Å². The Kier molecular flexibility index (Phi) is 5.14. The molecule has 2 rings (SSSR count). The van der Waals surface area contributed by atoms with Crippen molar-refractivity contribution in [1.29, 1.82) is 0 Å². The molecule has 0 saturated heterocycles. The molecule has 0 saturated carbocycles. The molecule has 1 atom stereocenters. The van der Waals surface area contributed by atoms with Crippen LogP contribution in [0.25, 0.3) is 0 Å². The van der Waals surface area contributed by atoms with Crippen LogP contribution in [0.15, 0.2) is 26.9 Å². The third-order valence-corrected chi connectivity index (χ3v) is 5.46. The van der Waals surface area contributed by atoms with Crippen molar-refractivity contribution in [2.75, 3.05) is 12.0 Å². The van der Waals surface area contributed by atoms with Gasteiger partial charge >= 0.3 is 0 Å². The van der Waals surface area contributed by atoms with E-state index in [0.717, 1.165) is 14.7 Å². The van der Waals surface area contributed by atoms with Gasteiger partial charge in [0.25, 0.3) is 0 Å². The third kappa shape index (κ3) is 3.88.